The number of hydrogen-bond acceptors (Lipinski definition) is 3. The molecule has 18 heavy (non-hydrogen) atoms. The molecule has 0 saturated carbocycles. The van der Waals surface area contributed by atoms with Crippen molar-refractivity contribution >= 4 is 33.2 Å². The number of carbonyl (C=O) groups is 1. The number of halogens is 1. The molecule has 1 unspecified atom stereocenters. The highest BCUT2D eigenvalue weighted by Crippen LogP contribution is 2.22. The second kappa shape index (κ2) is 6.68. The number of amides is 1. The van der Waals surface area contributed by atoms with E-state index in [0.29, 0.717) is 18.9 Å². The third-order valence-electron chi connectivity index (χ3n) is 3.40. The Morgan fingerprint density at radius 1 is 1.67 bits per heavy atom. The smallest absolute Gasteiger partial charge is 0.222 e. The zero-order valence-corrected chi connectivity index (χ0v) is 13.0. The van der Waals surface area contributed by atoms with Crippen molar-refractivity contribution in [3.63, 3.8) is 0 Å². The lowest BCUT2D eigenvalue weighted by Gasteiger charge is -2.17. The minimum absolute atomic E-state index is 0.254. The molecular formula is C13H19BrN2OS. The van der Waals surface area contributed by atoms with Crippen molar-refractivity contribution in [3.8, 4) is 0 Å². The first-order valence-corrected chi connectivity index (χ1v) is 8.00. The van der Waals surface area contributed by atoms with Gasteiger partial charge in [-0.25, -0.2) is 0 Å². The predicted octanol–water partition coefficient (Wildman–Crippen LogP) is 2.86. The first-order chi connectivity index (χ1) is 8.65. The minimum Gasteiger partial charge on any atom is -0.341 e. The van der Waals surface area contributed by atoms with E-state index in [4.69, 9.17) is 0 Å². The normalized spacial score (nSPS) is 19.1. The Bertz CT molecular complexity index is 401. The summed E-state index contributed by atoms with van der Waals surface area (Å²) in [5, 5.41) is 5.43. The van der Waals surface area contributed by atoms with E-state index in [-0.39, 0.29) is 5.91 Å². The minimum atomic E-state index is 0.254. The zero-order valence-electron chi connectivity index (χ0n) is 10.6. The Morgan fingerprint density at radius 3 is 3.11 bits per heavy atom. The van der Waals surface area contributed by atoms with Gasteiger partial charge in [0.2, 0.25) is 5.91 Å². The molecule has 100 valence electrons. The van der Waals surface area contributed by atoms with E-state index < -0.39 is 0 Å². The molecule has 0 radical (unpaired) electrons. The molecule has 1 aromatic heterocycles. The van der Waals surface area contributed by atoms with E-state index in [2.05, 4.69) is 32.7 Å². The summed E-state index contributed by atoms with van der Waals surface area (Å²) < 4.78 is 1.12. The summed E-state index contributed by atoms with van der Waals surface area (Å²) in [4.78, 5) is 13.8. The van der Waals surface area contributed by atoms with Crippen LogP contribution in [0.3, 0.4) is 0 Å². The fraction of sp³-hybridized carbons (Fsp3) is 0.615. The summed E-state index contributed by atoms with van der Waals surface area (Å²) in [6.45, 7) is 2.90. The van der Waals surface area contributed by atoms with Crippen molar-refractivity contribution in [2.24, 2.45) is 5.92 Å². The Kier molecular flexibility index (Phi) is 5.21. The highest BCUT2D eigenvalue weighted by Gasteiger charge is 2.17. The van der Waals surface area contributed by atoms with Crippen LogP contribution in [0.4, 0.5) is 0 Å². The van der Waals surface area contributed by atoms with Gasteiger partial charge < -0.3 is 10.2 Å². The van der Waals surface area contributed by atoms with Crippen molar-refractivity contribution in [1.29, 1.82) is 0 Å². The molecule has 1 aliphatic rings. The molecule has 2 rings (SSSR count). The summed E-state index contributed by atoms with van der Waals surface area (Å²) in [6, 6.07) is 2.08. The van der Waals surface area contributed by atoms with Gasteiger partial charge in [-0.05, 0) is 64.8 Å². The fourth-order valence-corrected chi connectivity index (χ4v) is 3.47. The van der Waals surface area contributed by atoms with Crippen LogP contribution >= 0.6 is 27.3 Å². The molecule has 0 spiro atoms. The van der Waals surface area contributed by atoms with Crippen LogP contribution in [0.15, 0.2) is 15.2 Å². The SMILES string of the molecule is CN(Cc1csc(Br)c1)C(=O)CCC1CCNC1. The van der Waals surface area contributed by atoms with Gasteiger partial charge in [-0.3, -0.25) is 4.79 Å². The molecule has 5 heteroatoms. The maximum atomic E-state index is 12.0. The van der Waals surface area contributed by atoms with Crippen LogP contribution in [0.25, 0.3) is 0 Å². The number of rotatable bonds is 5. The van der Waals surface area contributed by atoms with Crippen LogP contribution in [0.2, 0.25) is 0 Å². The summed E-state index contributed by atoms with van der Waals surface area (Å²) in [5.74, 6) is 0.946. The summed E-state index contributed by atoms with van der Waals surface area (Å²) in [5.41, 5.74) is 1.20. The van der Waals surface area contributed by atoms with E-state index in [1.807, 2.05) is 11.9 Å². The molecule has 1 aliphatic heterocycles. The van der Waals surface area contributed by atoms with Crippen LogP contribution in [0.5, 0.6) is 0 Å². The molecule has 1 saturated heterocycles. The Labute approximate surface area is 121 Å². The van der Waals surface area contributed by atoms with Crippen LogP contribution in [-0.2, 0) is 11.3 Å². The second-order valence-corrected chi connectivity index (χ2v) is 7.20. The second-order valence-electron chi connectivity index (χ2n) is 4.91. The molecule has 0 aromatic carbocycles. The Morgan fingerprint density at radius 2 is 2.50 bits per heavy atom. The van der Waals surface area contributed by atoms with Gasteiger partial charge in [-0.15, -0.1) is 11.3 Å². The highest BCUT2D eigenvalue weighted by atomic mass is 79.9. The average Bonchev–Trinajstić information content (AvgIpc) is 2.97. The largest absolute Gasteiger partial charge is 0.341 e. The van der Waals surface area contributed by atoms with Gasteiger partial charge >= 0.3 is 0 Å². The van der Waals surface area contributed by atoms with Crippen LogP contribution < -0.4 is 5.32 Å². The lowest BCUT2D eigenvalue weighted by Crippen LogP contribution is -2.26. The molecule has 0 aliphatic carbocycles. The predicted molar refractivity (Wildman–Crippen MR) is 78.7 cm³/mol. The summed E-state index contributed by atoms with van der Waals surface area (Å²) >= 11 is 5.10. The van der Waals surface area contributed by atoms with Crippen molar-refractivity contribution < 1.29 is 4.79 Å². The first-order valence-electron chi connectivity index (χ1n) is 6.32. The van der Waals surface area contributed by atoms with E-state index in [1.54, 1.807) is 11.3 Å². The Hall–Kier alpha value is -0.390. The quantitative estimate of drug-likeness (QED) is 0.900. The van der Waals surface area contributed by atoms with Gasteiger partial charge in [-0.1, -0.05) is 0 Å². The number of nitrogens with zero attached hydrogens (tertiary/aromatic N) is 1. The first kappa shape index (κ1) is 14.0. The zero-order chi connectivity index (χ0) is 13.0. The van der Waals surface area contributed by atoms with Crippen molar-refractivity contribution in [1.82, 2.24) is 10.2 Å². The number of hydrogen-bond donors (Lipinski definition) is 1. The lowest BCUT2D eigenvalue weighted by molar-refractivity contribution is -0.130. The molecule has 1 atom stereocenters. The van der Waals surface area contributed by atoms with E-state index >= 15 is 0 Å². The molecule has 0 bridgehead atoms. The fourth-order valence-electron chi connectivity index (χ4n) is 2.27. The highest BCUT2D eigenvalue weighted by molar-refractivity contribution is 9.11. The van der Waals surface area contributed by atoms with Gasteiger partial charge in [0.05, 0.1) is 3.79 Å². The van der Waals surface area contributed by atoms with Crippen molar-refractivity contribution in [2.75, 3.05) is 20.1 Å². The van der Waals surface area contributed by atoms with Crippen molar-refractivity contribution in [2.45, 2.75) is 25.8 Å². The summed E-state index contributed by atoms with van der Waals surface area (Å²) in [7, 11) is 1.89. The van der Waals surface area contributed by atoms with Gasteiger partial charge in [-0.2, -0.15) is 0 Å². The van der Waals surface area contributed by atoms with Gasteiger partial charge in [0.15, 0.2) is 0 Å². The molecule has 2 heterocycles. The number of carbonyl (C=O) groups excluding carboxylic acids is 1. The number of nitrogens with one attached hydrogen (secondary N) is 1. The van der Waals surface area contributed by atoms with E-state index in [0.717, 1.165) is 23.3 Å². The van der Waals surface area contributed by atoms with Crippen molar-refractivity contribution in [3.05, 3.63) is 20.8 Å². The van der Waals surface area contributed by atoms with E-state index in [9.17, 15) is 4.79 Å². The molecular weight excluding hydrogens is 312 g/mol. The lowest BCUT2D eigenvalue weighted by atomic mass is 10.0. The molecule has 1 N–H and O–H groups in total. The van der Waals surface area contributed by atoms with Crippen LogP contribution in [0, 0.1) is 5.92 Å². The Balaban J connectivity index is 1.74. The molecule has 1 fully saturated rings. The van der Waals surface area contributed by atoms with Gasteiger partial charge in [0.25, 0.3) is 0 Å². The maximum absolute atomic E-state index is 12.0. The monoisotopic (exact) mass is 330 g/mol. The molecule has 3 nitrogen and oxygen atoms in total. The standard InChI is InChI=1S/C13H19BrN2OS/c1-16(8-11-6-12(14)18-9-11)13(17)3-2-10-4-5-15-7-10/h6,9-10,15H,2-5,7-8H2,1H3. The van der Waals surface area contributed by atoms with Gasteiger partial charge in [0, 0.05) is 20.0 Å². The van der Waals surface area contributed by atoms with E-state index in [1.165, 1.54) is 12.0 Å². The molecule has 1 aromatic rings. The van der Waals surface area contributed by atoms with Crippen LogP contribution in [0.1, 0.15) is 24.8 Å². The average molecular weight is 331 g/mol. The molecule has 1 amide bonds. The number of thiophene rings is 1. The third-order valence-corrected chi connectivity index (χ3v) is 4.95. The third kappa shape index (κ3) is 4.07. The topological polar surface area (TPSA) is 32.3 Å². The summed E-state index contributed by atoms with van der Waals surface area (Å²) in [6.07, 6.45) is 2.91. The van der Waals surface area contributed by atoms with Gasteiger partial charge in [0.1, 0.15) is 0 Å². The van der Waals surface area contributed by atoms with Crippen LogP contribution in [-0.4, -0.2) is 30.9 Å². The maximum Gasteiger partial charge on any atom is 0.222 e.